The predicted molar refractivity (Wildman–Crippen MR) is 24.3 cm³/mol. The van der Waals surface area contributed by atoms with E-state index >= 15 is 0 Å². The molecule has 0 saturated heterocycles. The number of hydrogen-bond acceptors (Lipinski definition) is 3. The molecule has 0 radical (unpaired) electrons. The van der Waals surface area contributed by atoms with Crippen molar-refractivity contribution in [1.29, 1.82) is 1.43 Å². The molecule has 0 aromatic rings. The summed E-state index contributed by atoms with van der Waals surface area (Å²) in [4.78, 5) is 0. The second-order valence-corrected chi connectivity index (χ2v) is 1.49. The molecule has 44 valence electrons. The molecule has 3 heteroatoms. The molecule has 0 aliphatic heterocycles. The van der Waals surface area contributed by atoms with E-state index < -0.39 is 5.97 Å². The molecule has 0 atom stereocenters. The molecular formula is C4H10O3. The first-order valence-corrected chi connectivity index (χ1v) is 2.21. The van der Waals surface area contributed by atoms with Gasteiger partial charge in [-0.05, 0) is 6.42 Å². The zero-order valence-electron chi connectivity index (χ0n) is 5.22. The van der Waals surface area contributed by atoms with E-state index in [9.17, 15) is 0 Å². The topological polar surface area (TPSA) is 60.7 Å². The van der Waals surface area contributed by atoms with Crippen LogP contribution in [0.5, 0.6) is 0 Å². The molecular weight excluding hydrogens is 96.0 g/mol. The Morgan fingerprint density at radius 3 is 2.43 bits per heavy atom. The summed E-state index contributed by atoms with van der Waals surface area (Å²) in [5.74, 6) is -2.24. The van der Waals surface area contributed by atoms with Gasteiger partial charge in [-0.2, -0.15) is 0 Å². The summed E-state index contributed by atoms with van der Waals surface area (Å²) in [6.07, 6.45) is 0.641. The highest BCUT2D eigenvalue weighted by atomic mass is 16.7. The van der Waals surface area contributed by atoms with E-state index in [1.165, 1.54) is 0 Å². The van der Waals surface area contributed by atoms with Crippen LogP contribution in [0.15, 0.2) is 0 Å². The van der Waals surface area contributed by atoms with Gasteiger partial charge in [-0.15, -0.1) is 0 Å². The van der Waals surface area contributed by atoms with Crippen LogP contribution >= 0.6 is 0 Å². The Labute approximate surface area is 43.7 Å². The van der Waals surface area contributed by atoms with E-state index in [0.717, 1.165) is 0 Å². The third-order valence-electron chi connectivity index (χ3n) is 0.576. The summed E-state index contributed by atoms with van der Waals surface area (Å²) >= 11 is 0. The van der Waals surface area contributed by atoms with Gasteiger partial charge >= 0.3 is 0 Å². The molecule has 7 heavy (non-hydrogen) atoms. The lowest BCUT2D eigenvalue weighted by molar-refractivity contribution is -0.314. The van der Waals surface area contributed by atoms with Gasteiger partial charge in [0.25, 0.3) is 5.97 Å². The molecule has 0 fully saturated rings. The lowest BCUT2D eigenvalue weighted by Crippen LogP contribution is -2.26. The smallest absolute Gasteiger partial charge is 0.275 e. The van der Waals surface area contributed by atoms with Gasteiger partial charge in [-0.1, -0.05) is 6.92 Å². The molecule has 0 aromatic heterocycles. The van der Waals surface area contributed by atoms with Crippen molar-refractivity contribution in [1.82, 2.24) is 0 Å². The number of rotatable bonds is 3. The van der Waals surface area contributed by atoms with Crippen LogP contribution in [0.1, 0.15) is 19.8 Å². The molecule has 0 heterocycles. The Morgan fingerprint density at radius 2 is 2.29 bits per heavy atom. The maximum atomic E-state index is 8.47. The summed E-state index contributed by atoms with van der Waals surface area (Å²) in [5.41, 5.74) is 0. The van der Waals surface area contributed by atoms with E-state index in [1.54, 1.807) is 6.92 Å². The standard InChI is InChI=1S/C4H10O3/c1-2-3-4(5,6)7/h5-7H,2-3H2,1H3/i5D. The lowest BCUT2D eigenvalue weighted by atomic mass is 10.3. The summed E-state index contributed by atoms with van der Waals surface area (Å²) < 4.78 is 6.11. The van der Waals surface area contributed by atoms with Crippen molar-refractivity contribution in [2.75, 3.05) is 0 Å². The van der Waals surface area contributed by atoms with Gasteiger partial charge < -0.3 is 15.3 Å². The molecule has 0 spiro atoms. The quantitative estimate of drug-likeness (QED) is 0.423. The molecule has 3 nitrogen and oxygen atoms in total. The third kappa shape index (κ3) is 5.88. The van der Waals surface area contributed by atoms with Crippen molar-refractivity contribution in [2.45, 2.75) is 25.7 Å². The van der Waals surface area contributed by atoms with Crippen LogP contribution in [0, 0.1) is 0 Å². The fourth-order valence-electron chi connectivity index (χ4n) is 0.326. The van der Waals surface area contributed by atoms with Gasteiger partial charge in [0.15, 0.2) is 0 Å². The Bertz CT molecular complexity index is 64.3. The van der Waals surface area contributed by atoms with E-state index in [-0.39, 0.29) is 6.42 Å². The zero-order valence-corrected chi connectivity index (χ0v) is 4.22. The zero-order chi connectivity index (χ0) is 6.62. The van der Waals surface area contributed by atoms with E-state index in [2.05, 4.69) is 5.11 Å². The Kier molecular flexibility index (Phi) is 1.62. The summed E-state index contributed by atoms with van der Waals surface area (Å²) in [6.45, 7) is 1.76. The van der Waals surface area contributed by atoms with E-state index in [4.69, 9.17) is 11.6 Å². The SMILES string of the molecule is [2H]OC(O)(O)CCC. The molecule has 0 aliphatic rings. The highest BCUT2D eigenvalue weighted by molar-refractivity contribution is 4.41. The van der Waals surface area contributed by atoms with Gasteiger partial charge in [0.05, 0.1) is 0 Å². The predicted octanol–water partition coefficient (Wildman–Crippen LogP) is -0.583. The molecule has 0 amide bonds. The molecule has 0 rings (SSSR count). The average Bonchev–Trinajstić information content (AvgIpc) is 1.67. The Balaban J connectivity index is 3.37. The van der Waals surface area contributed by atoms with Gasteiger partial charge in [0.2, 0.25) is 1.43 Å². The maximum absolute atomic E-state index is 8.47. The lowest BCUT2D eigenvalue weighted by Gasteiger charge is -2.10. The molecule has 0 unspecified atom stereocenters. The van der Waals surface area contributed by atoms with Gasteiger partial charge in [-0.25, -0.2) is 0 Å². The molecule has 0 bridgehead atoms. The largest absolute Gasteiger partial charge is 0.344 e. The minimum atomic E-state index is -2.24. The minimum Gasteiger partial charge on any atom is -0.344 e. The van der Waals surface area contributed by atoms with Crippen molar-refractivity contribution in [3.05, 3.63) is 0 Å². The Morgan fingerprint density at radius 1 is 1.71 bits per heavy atom. The van der Waals surface area contributed by atoms with Crippen molar-refractivity contribution < 1.29 is 15.3 Å². The molecule has 3 N–H and O–H groups in total. The summed E-state index contributed by atoms with van der Waals surface area (Å²) in [6, 6.07) is 0. The van der Waals surface area contributed by atoms with Gasteiger partial charge in [0.1, 0.15) is 0 Å². The second-order valence-electron chi connectivity index (χ2n) is 1.49. The van der Waals surface area contributed by atoms with Gasteiger partial charge in [0, 0.05) is 6.42 Å². The normalized spacial score (nSPS) is 13.9. The summed E-state index contributed by atoms with van der Waals surface area (Å²) in [5, 5.41) is 20.5. The third-order valence-corrected chi connectivity index (χ3v) is 0.576. The highest BCUT2D eigenvalue weighted by Crippen LogP contribution is 2.01. The van der Waals surface area contributed by atoms with Gasteiger partial charge in [-0.3, -0.25) is 0 Å². The fourth-order valence-corrected chi connectivity index (χ4v) is 0.326. The molecule has 0 aromatic carbocycles. The van der Waals surface area contributed by atoms with Crippen LogP contribution in [0.2, 0.25) is 0 Å². The van der Waals surface area contributed by atoms with E-state index in [1.807, 2.05) is 0 Å². The van der Waals surface area contributed by atoms with Crippen LogP contribution in [0.25, 0.3) is 0 Å². The Hall–Kier alpha value is -0.120. The summed E-state index contributed by atoms with van der Waals surface area (Å²) in [7, 11) is 0. The van der Waals surface area contributed by atoms with Crippen LogP contribution < -0.4 is 0 Å². The van der Waals surface area contributed by atoms with Crippen molar-refractivity contribution in [3.8, 4) is 0 Å². The van der Waals surface area contributed by atoms with Crippen molar-refractivity contribution >= 4 is 0 Å². The van der Waals surface area contributed by atoms with Crippen molar-refractivity contribution in [3.63, 3.8) is 0 Å². The van der Waals surface area contributed by atoms with E-state index in [0.29, 0.717) is 6.42 Å². The first-order chi connectivity index (χ1) is 3.62. The second kappa shape index (κ2) is 2.26. The fraction of sp³-hybridized carbons (Fsp3) is 1.00. The molecule has 0 aliphatic carbocycles. The monoisotopic (exact) mass is 107 g/mol. The van der Waals surface area contributed by atoms with Crippen molar-refractivity contribution in [2.24, 2.45) is 0 Å². The first-order valence-electron chi connectivity index (χ1n) is 2.62. The average molecular weight is 107 g/mol. The van der Waals surface area contributed by atoms with Crippen LogP contribution in [-0.2, 0) is 0 Å². The van der Waals surface area contributed by atoms with Crippen LogP contribution in [-0.4, -0.2) is 22.7 Å². The highest BCUT2D eigenvalue weighted by Gasteiger charge is 2.14. The maximum Gasteiger partial charge on any atom is 0.275 e. The van der Waals surface area contributed by atoms with Crippen LogP contribution in [0.3, 0.4) is 0 Å². The minimum absolute atomic E-state index is 0.0660. The number of aliphatic hydroxyl groups is 3. The molecule has 0 saturated carbocycles. The first kappa shape index (κ1) is 5.03. The number of hydrogen-bond donors (Lipinski definition) is 3. The van der Waals surface area contributed by atoms with Crippen LogP contribution in [0.4, 0.5) is 0 Å².